The Kier molecular flexibility index (Phi) is 4.45. The maximum atomic E-state index is 4.82. The summed E-state index contributed by atoms with van der Waals surface area (Å²) in [6.45, 7) is 9.19. The number of nitrogens with one attached hydrogen (secondary N) is 1. The molecule has 1 atom stereocenters. The molecule has 3 rings (SSSR count). The number of hydrogen-bond donors (Lipinski definition) is 1. The molecule has 3 heterocycles. The SMILES string of the molecule is CC(C)(C)CN1CCC[C@H]1c1cccc(Nc2nccs2)n1. The average Bonchev–Trinajstić information content (AvgIpc) is 3.09. The van der Waals surface area contributed by atoms with Crippen LogP contribution in [0.15, 0.2) is 29.8 Å². The van der Waals surface area contributed by atoms with Crippen LogP contribution in [0.25, 0.3) is 0 Å². The zero-order chi connectivity index (χ0) is 15.6. The Hall–Kier alpha value is -1.46. The van der Waals surface area contributed by atoms with Crippen LogP contribution in [0.3, 0.4) is 0 Å². The van der Waals surface area contributed by atoms with Crippen LogP contribution in [0.1, 0.15) is 45.3 Å². The molecule has 0 amide bonds. The number of pyridine rings is 1. The van der Waals surface area contributed by atoms with Crippen molar-refractivity contribution in [3.63, 3.8) is 0 Å². The first kappa shape index (κ1) is 15.4. The van der Waals surface area contributed by atoms with Gasteiger partial charge in [-0.25, -0.2) is 9.97 Å². The summed E-state index contributed by atoms with van der Waals surface area (Å²) in [5.41, 5.74) is 1.49. The molecule has 0 spiro atoms. The average molecular weight is 316 g/mol. The molecular weight excluding hydrogens is 292 g/mol. The highest BCUT2D eigenvalue weighted by atomic mass is 32.1. The van der Waals surface area contributed by atoms with Crippen LogP contribution in [0.2, 0.25) is 0 Å². The van der Waals surface area contributed by atoms with Crippen LogP contribution in [0.4, 0.5) is 10.9 Å². The van der Waals surface area contributed by atoms with Crippen molar-refractivity contribution in [2.24, 2.45) is 5.41 Å². The van der Waals surface area contributed by atoms with E-state index in [1.54, 1.807) is 17.5 Å². The second kappa shape index (κ2) is 6.34. The molecule has 1 aliphatic rings. The van der Waals surface area contributed by atoms with Gasteiger partial charge in [0.2, 0.25) is 0 Å². The molecular formula is C17H24N4S. The Labute approximate surface area is 136 Å². The van der Waals surface area contributed by atoms with E-state index >= 15 is 0 Å². The summed E-state index contributed by atoms with van der Waals surface area (Å²) < 4.78 is 0. The van der Waals surface area contributed by atoms with Crippen molar-refractivity contribution in [2.45, 2.75) is 39.7 Å². The van der Waals surface area contributed by atoms with E-state index in [2.05, 4.69) is 48.1 Å². The Morgan fingerprint density at radius 2 is 2.23 bits per heavy atom. The van der Waals surface area contributed by atoms with Crippen molar-refractivity contribution in [3.8, 4) is 0 Å². The molecule has 5 heteroatoms. The monoisotopic (exact) mass is 316 g/mol. The van der Waals surface area contributed by atoms with E-state index in [0.29, 0.717) is 11.5 Å². The minimum Gasteiger partial charge on any atom is -0.316 e. The van der Waals surface area contributed by atoms with Gasteiger partial charge in [-0.05, 0) is 36.9 Å². The summed E-state index contributed by atoms with van der Waals surface area (Å²) >= 11 is 1.59. The molecule has 22 heavy (non-hydrogen) atoms. The number of nitrogens with zero attached hydrogens (tertiary/aromatic N) is 3. The maximum absolute atomic E-state index is 4.82. The zero-order valence-corrected chi connectivity index (χ0v) is 14.4. The van der Waals surface area contributed by atoms with E-state index in [-0.39, 0.29) is 0 Å². The summed E-state index contributed by atoms with van der Waals surface area (Å²) in [5.74, 6) is 0.884. The molecule has 2 aromatic heterocycles. The van der Waals surface area contributed by atoms with Crippen molar-refractivity contribution in [1.29, 1.82) is 0 Å². The molecule has 1 saturated heterocycles. The third kappa shape index (κ3) is 3.84. The van der Waals surface area contributed by atoms with Gasteiger partial charge in [0.25, 0.3) is 0 Å². The molecule has 0 aliphatic carbocycles. The van der Waals surface area contributed by atoms with E-state index in [0.717, 1.165) is 17.5 Å². The first-order valence-corrected chi connectivity index (χ1v) is 8.77. The van der Waals surface area contributed by atoms with Gasteiger partial charge in [0, 0.05) is 18.1 Å². The second-order valence-corrected chi connectivity index (χ2v) is 7.99. The number of aromatic nitrogens is 2. The summed E-state index contributed by atoms with van der Waals surface area (Å²) in [5, 5.41) is 6.15. The number of anilines is 2. The standard InChI is InChI=1S/C17H24N4S/c1-17(2,3)12-21-10-5-7-14(21)13-6-4-8-15(19-13)20-16-18-9-11-22-16/h4,6,8-9,11,14H,5,7,10,12H2,1-3H3,(H,18,19,20)/t14-/m0/s1. The van der Waals surface area contributed by atoms with Crippen LogP contribution in [-0.2, 0) is 0 Å². The van der Waals surface area contributed by atoms with Gasteiger partial charge in [0.05, 0.1) is 11.7 Å². The molecule has 118 valence electrons. The highest BCUT2D eigenvalue weighted by Crippen LogP contribution is 2.34. The molecule has 1 N–H and O–H groups in total. The van der Waals surface area contributed by atoms with Crippen molar-refractivity contribution in [2.75, 3.05) is 18.4 Å². The van der Waals surface area contributed by atoms with Gasteiger partial charge in [-0.15, -0.1) is 11.3 Å². The van der Waals surface area contributed by atoms with Crippen LogP contribution in [0, 0.1) is 5.41 Å². The minimum absolute atomic E-state index is 0.319. The molecule has 4 nitrogen and oxygen atoms in total. The molecule has 0 radical (unpaired) electrons. The van der Waals surface area contributed by atoms with Gasteiger partial charge in [-0.2, -0.15) is 0 Å². The molecule has 0 bridgehead atoms. The molecule has 0 saturated carbocycles. The topological polar surface area (TPSA) is 41.0 Å². The van der Waals surface area contributed by atoms with Crippen LogP contribution in [-0.4, -0.2) is 28.0 Å². The fraction of sp³-hybridized carbons (Fsp3) is 0.529. The molecule has 1 aliphatic heterocycles. The Morgan fingerprint density at radius 1 is 1.36 bits per heavy atom. The third-order valence-corrected chi connectivity index (χ3v) is 4.51. The molecule has 1 fully saturated rings. The molecule has 2 aromatic rings. The Morgan fingerprint density at radius 3 is 2.95 bits per heavy atom. The highest BCUT2D eigenvalue weighted by molar-refractivity contribution is 7.13. The lowest BCUT2D eigenvalue weighted by molar-refractivity contribution is 0.176. The van der Waals surface area contributed by atoms with Crippen molar-refractivity contribution in [1.82, 2.24) is 14.9 Å². The van der Waals surface area contributed by atoms with E-state index < -0.39 is 0 Å². The van der Waals surface area contributed by atoms with Crippen molar-refractivity contribution >= 4 is 22.3 Å². The lowest BCUT2D eigenvalue weighted by Crippen LogP contribution is -2.32. The highest BCUT2D eigenvalue weighted by Gasteiger charge is 2.30. The van der Waals surface area contributed by atoms with Crippen molar-refractivity contribution < 1.29 is 0 Å². The fourth-order valence-corrected chi connectivity index (χ4v) is 3.60. The Bertz CT molecular complexity index is 603. The first-order chi connectivity index (χ1) is 10.5. The van der Waals surface area contributed by atoms with Crippen molar-refractivity contribution in [3.05, 3.63) is 35.5 Å². The first-order valence-electron chi connectivity index (χ1n) is 7.89. The van der Waals surface area contributed by atoms with Gasteiger partial charge in [0.1, 0.15) is 5.82 Å². The van der Waals surface area contributed by atoms with Crippen LogP contribution >= 0.6 is 11.3 Å². The minimum atomic E-state index is 0.319. The predicted octanol–water partition coefficient (Wildman–Crippen LogP) is 4.46. The lowest BCUT2D eigenvalue weighted by atomic mass is 9.95. The van der Waals surface area contributed by atoms with Gasteiger partial charge in [-0.3, -0.25) is 4.90 Å². The summed E-state index contributed by atoms with van der Waals surface area (Å²) in [7, 11) is 0. The van der Waals surface area contributed by atoms with Crippen LogP contribution < -0.4 is 5.32 Å². The summed E-state index contributed by atoms with van der Waals surface area (Å²) in [4.78, 5) is 11.7. The molecule has 0 aromatic carbocycles. The normalized spacial score (nSPS) is 19.5. The fourth-order valence-electron chi connectivity index (χ4n) is 3.06. The quantitative estimate of drug-likeness (QED) is 0.904. The maximum Gasteiger partial charge on any atom is 0.188 e. The zero-order valence-electron chi connectivity index (χ0n) is 13.5. The molecule has 0 unspecified atom stereocenters. The summed E-state index contributed by atoms with van der Waals surface area (Å²) in [6.07, 6.45) is 4.26. The largest absolute Gasteiger partial charge is 0.316 e. The van der Waals surface area contributed by atoms with Crippen LogP contribution in [0.5, 0.6) is 0 Å². The van der Waals surface area contributed by atoms with Gasteiger partial charge >= 0.3 is 0 Å². The van der Waals surface area contributed by atoms with Gasteiger partial charge < -0.3 is 5.32 Å². The lowest BCUT2D eigenvalue weighted by Gasteiger charge is -2.31. The predicted molar refractivity (Wildman–Crippen MR) is 92.6 cm³/mol. The Balaban J connectivity index is 1.76. The van der Waals surface area contributed by atoms with E-state index in [1.807, 2.05) is 11.4 Å². The number of likely N-dealkylation sites (tertiary alicyclic amines) is 1. The number of hydrogen-bond acceptors (Lipinski definition) is 5. The third-order valence-electron chi connectivity index (χ3n) is 3.82. The van der Waals surface area contributed by atoms with Gasteiger partial charge in [-0.1, -0.05) is 26.8 Å². The van der Waals surface area contributed by atoms with Gasteiger partial charge in [0.15, 0.2) is 5.13 Å². The summed E-state index contributed by atoms with van der Waals surface area (Å²) in [6, 6.07) is 6.69. The number of thiazole rings is 1. The van der Waals surface area contributed by atoms with E-state index in [9.17, 15) is 0 Å². The smallest absolute Gasteiger partial charge is 0.188 e. The number of rotatable bonds is 4. The second-order valence-electron chi connectivity index (χ2n) is 7.10. The van der Waals surface area contributed by atoms with E-state index in [1.165, 1.54) is 25.1 Å². The van der Waals surface area contributed by atoms with E-state index in [4.69, 9.17) is 4.98 Å².